The molecule has 2 amide bonds. The van der Waals surface area contributed by atoms with E-state index in [2.05, 4.69) is 10.6 Å². The van der Waals surface area contributed by atoms with Crippen molar-refractivity contribution in [1.29, 1.82) is 0 Å². The third-order valence-corrected chi connectivity index (χ3v) is 5.33. The molecule has 1 aliphatic rings. The fraction of sp³-hybridized carbons (Fsp3) is 0.364. The van der Waals surface area contributed by atoms with E-state index in [0.717, 1.165) is 23.1 Å². The third kappa shape index (κ3) is 5.08. The smallest absolute Gasteiger partial charge is 0.255 e. The van der Waals surface area contributed by atoms with E-state index in [1.165, 1.54) is 0 Å². The predicted molar refractivity (Wildman–Crippen MR) is 112 cm³/mol. The summed E-state index contributed by atoms with van der Waals surface area (Å²) >= 11 is 6.49. The monoisotopic (exact) mass is 416 g/mol. The highest BCUT2D eigenvalue weighted by Crippen LogP contribution is 2.36. The number of amides is 2. The Balaban J connectivity index is 1.74. The predicted octanol–water partition coefficient (Wildman–Crippen LogP) is 3.13. The number of benzene rings is 2. The average molecular weight is 417 g/mol. The molecule has 3 rings (SSSR count). The fourth-order valence-corrected chi connectivity index (χ4v) is 3.48. The summed E-state index contributed by atoms with van der Waals surface area (Å²) in [6.45, 7) is 3.96. The second-order valence-electron chi connectivity index (χ2n) is 6.93. The molecule has 0 saturated heterocycles. The van der Waals surface area contributed by atoms with Crippen molar-refractivity contribution in [2.75, 3.05) is 33.4 Å². The second-order valence-corrected chi connectivity index (χ2v) is 7.31. The summed E-state index contributed by atoms with van der Waals surface area (Å²) in [6, 6.07) is 9.28. The molecule has 0 bridgehead atoms. The van der Waals surface area contributed by atoms with Gasteiger partial charge in [-0.2, -0.15) is 0 Å². The molecule has 1 heterocycles. The average Bonchev–Trinajstić information content (AvgIpc) is 2.91. The number of carbonyl (C=O) groups excluding carboxylic acids is 2. The van der Waals surface area contributed by atoms with Crippen molar-refractivity contribution >= 4 is 23.4 Å². The summed E-state index contributed by atoms with van der Waals surface area (Å²) in [7, 11) is 1.64. The van der Waals surface area contributed by atoms with Gasteiger partial charge >= 0.3 is 0 Å². The van der Waals surface area contributed by atoms with Gasteiger partial charge in [0.2, 0.25) is 0 Å². The fourth-order valence-electron chi connectivity index (χ4n) is 3.20. The van der Waals surface area contributed by atoms with Crippen molar-refractivity contribution < 1.29 is 19.1 Å². The van der Waals surface area contributed by atoms with Crippen molar-refractivity contribution in [3.63, 3.8) is 0 Å². The topological polar surface area (TPSA) is 76.7 Å². The molecular weight excluding hydrogens is 392 g/mol. The van der Waals surface area contributed by atoms with E-state index in [1.807, 2.05) is 25.1 Å². The van der Waals surface area contributed by atoms with Crippen LogP contribution in [0.25, 0.3) is 0 Å². The number of hydrogen-bond donors (Lipinski definition) is 2. The molecule has 0 unspecified atom stereocenters. The Labute approximate surface area is 175 Å². The van der Waals surface area contributed by atoms with E-state index >= 15 is 0 Å². The number of carbonyl (C=O) groups is 2. The van der Waals surface area contributed by atoms with E-state index in [-0.39, 0.29) is 11.8 Å². The quantitative estimate of drug-likeness (QED) is 0.680. The van der Waals surface area contributed by atoms with Crippen LogP contribution in [0.15, 0.2) is 30.3 Å². The van der Waals surface area contributed by atoms with Gasteiger partial charge in [-0.15, -0.1) is 0 Å². The summed E-state index contributed by atoms with van der Waals surface area (Å²) < 4.78 is 10.6. The zero-order chi connectivity index (χ0) is 20.8. The van der Waals surface area contributed by atoms with Gasteiger partial charge in [0.25, 0.3) is 11.8 Å². The minimum atomic E-state index is -0.179. The number of methoxy groups -OCH3 is 1. The molecule has 1 aliphatic heterocycles. The highest BCUT2D eigenvalue weighted by atomic mass is 35.5. The number of rotatable bonds is 7. The minimum absolute atomic E-state index is 0.106. The van der Waals surface area contributed by atoms with Crippen LogP contribution in [0.3, 0.4) is 0 Å². The molecule has 0 spiro atoms. The van der Waals surface area contributed by atoms with Crippen molar-refractivity contribution in [3.05, 3.63) is 63.2 Å². The highest BCUT2D eigenvalue weighted by molar-refractivity contribution is 6.33. The number of fused-ring (bicyclic) bond motifs is 1. The van der Waals surface area contributed by atoms with E-state index in [4.69, 9.17) is 21.1 Å². The van der Waals surface area contributed by atoms with Crippen molar-refractivity contribution in [2.24, 2.45) is 0 Å². The summed E-state index contributed by atoms with van der Waals surface area (Å²) in [5.41, 5.74) is 3.93. The summed E-state index contributed by atoms with van der Waals surface area (Å²) in [4.78, 5) is 24.5. The molecule has 6 nitrogen and oxygen atoms in total. The molecule has 29 heavy (non-hydrogen) atoms. The third-order valence-electron chi connectivity index (χ3n) is 4.87. The second kappa shape index (κ2) is 9.76. The van der Waals surface area contributed by atoms with Crippen LogP contribution in [0.4, 0.5) is 0 Å². The van der Waals surface area contributed by atoms with Crippen molar-refractivity contribution in [2.45, 2.75) is 19.8 Å². The normalized spacial score (nSPS) is 13.1. The van der Waals surface area contributed by atoms with E-state index < -0.39 is 0 Å². The molecule has 0 atom stereocenters. The number of hydrogen-bond acceptors (Lipinski definition) is 4. The lowest BCUT2D eigenvalue weighted by molar-refractivity contribution is 0.0943. The first kappa shape index (κ1) is 21.1. The Morgan fingerprint density at radius 3 is 2.79 bits per heavy atom. The van der Waals surface area contributed by atoms with E-state index in [9.17, 15) is 9.59 Å². The molecule has 154 valence electrons. The molecule has 0 fully saturated rings. The Kier molecular flexibility index (Phi) is 7.12. The number of nitrogens with one attached hydrogen (secondary N) is 2. The van der Waals surface area contributed by atoms with Gasteiger partial charge in [-0.25, -0.2) is 0 Å². The van der Waals surface area contributed by atoms with Crippen LogP contribution in [0.5, 0.6) is 5.75 Å². The Morgan fingerprint density at radius 1 is 1.31 bits per heavy atom. The van der Waals surface area contributed by atoms with Gasteiger partial charge in [0.1, 0.15) is 6.61 Å². The van der Waals surface area contributed by atoms with Gasteiger partial charge in [-0.1, -0.05) is 23.7 Å². The maximum absolute atomic E-state index is 12.3. The standard InChI is InChI=1S/C22H25ClN2O4/c1-14-17(13-18-20(19(14)23)29-11-9-25-22(18)27)12-15-4-6-16(7-5-15)21(26)24-8-3-10-28-2/h4-7,13H,3,8-12H2,1-2H3,(H,24,26)(H,25,27). The zero-order valence-electron chi connectivity index (χ0n) is 16.6. The van der Waals surface area contributed by atoms with Crippen LogP contribution in [0.2, 0.25) is 5.02 Å². The molecule has 2 aromatic carbocycles. The molecule has 0 aliphatic carbocycles. The van der Waals surface area contributed by atoms with Crippen LogP contribution in [-0.2, 0) is 11.2 Å². The van der Waals surface area contributed by atoms with Crippen LogP contribution >= 0.6 is 11.6 Å². The van der Waals surface area contributed by atoms with Gasteiger partial charge in [0.05, 0.1) is 17.1 Å². The Morgan fingerprint density at radius 2 is 2.07 bits per heavy atom. The number of ether oxygens (including phenoxy) is 2. The van der Waals surface area contributed by atoms with E-state index in [1.54, 1.807) is 19.2 Å². The van der Waals surface area contributed by atoms with Gasteiger partial charge in [-0.3, -0.25) is 9.59 Å². The molecule has 0 aromatic heterocycles. The Bertz CT molecular complexity index is 897. The molecular formula is C22H25ClN2O4. The molecule has 2 aromatic rings. The lowest BCUT2D eigenvalue weighted by Gasteiger charge is -2.15. The largest absolute Gasteiger partial charge is 0.489 e. The van der Waals surface area contributed by atoms with Crippen LogP contribution < -0.4 is 15.4 Å². The molecule has 0 saturated carbocycles. The van der Waals surface area contributed by atoms with Gasteiger partial charge in [-0.05, 0) is 54.7 Å². The van der Waals surface area contributed by atoms with Crippen LogP contribution in [-0.4, -0.2) is 45.2 Å². The highest BCUT2D eigenvalue weighted by Gasteiger charge is 2.22. The lowest BCUT2D eigenvalue weighted by atomic mass is 9.96. The molecule has 0 radical (unpaired) electrons. The van der Waals surface area contributed by atoms with Gasteiger partial charge < -0.3 is 20.1 Å². The van der Waals surface area contributed by atoms with Gasteiger partial charge in [0.15, 0.2) is 5.75 Å². The first-order chi connectivity index (χ1) is 14.0. The lowest BCUT2D eigenvalue weighted by Crippen LogP contribution is -2.25. The maximum atomic E-state index is 12.3. The van der Waals surface area contributed by atoms with Crippen LogP contribution in [0.1, 0.15) is 43.8 Å². The zero-order valence-corrected chi connectivity index (χ0v) is 17.4. The van der Waals surface area contributed by atoms with Crippen molar-refractivity contribution in [3.8, 4) is 5.75 Å². The summed E-state index contributed by atoms with van der Waals surface area (Å²) in [6.07, 6.45) is 1.37. The first-order valence-corrected chi connectivity index (χ1v) is 9.98. The molecule has 2 N–H and O–H groups in total. The summed E-state index contributed by atoms with van der Waals surface area (Å²) in [5, 5.41) is 6.15. The van der Waals surface area contributed by atoms with Crippen molar-refractivity contribution in [1.82, 2.24) is 10.6 Å². The maximum Gasteiger partial charge on any atom is 0.255 e. The molecule has 7 heteroatoms. The van der Waals surface area contributed by atoms with Crippen LogP contribution in [0, 0.1) is 6.92 Å². The Hall–Kier alpha value is -2.57. The number of halogens is 1. The first-order valence-electron chi connectivity index (χ1n) is 9.60. The minimum Gasteiger partial charge on any atom is -0.489 e. The van der Waals surface area contributed by atoms with Gasteiger partial charge in [0, 0.05) is 25.8 Å². The summed E-state index contributed by atoms with van der Waals surface area (Å²) in [5.74, 6) is 0.162. The SMILES string of the molecule is COCCCNC(=O)c1ccc(Cc2cc3c(c(Cl)c2C)OCCNC3=O)cc1. The van der Waals surface area contributed by atoms with E-state index in [0.29, 0.717) is 54.6 Å².